The lowest BCUT2D eigenvalue weighted by atomic mass is 10.3. The molecule has 0 bridgehead atoms. The van der Waals surface area contributed by atoms with E-state index in [2.05, 4.69) is 5.32 Å². The Kier molecular flexibility index (Phi) is 4.45. The van der Waals surface area contributed by atoms with Gasteiger partial charge in [-0.25, -0.2) is 8.42 Å². The van der Waals surface area contributed by atoms with Gasteiger partial charge in [0.2, 0.25) is 0 Å². The van der Waals surface area contributed by atoms with Crippen LogP contribution in [0, 0.1) is 0 Å². The van der Waals surface area contributed by atoms with E-state index in [1.54, 1.807) is 11.8 Å². The number of nitrogens with zero attached hydrogens (tertiary/aromatic N) is 1. The molecule has 1 aliphatic rings. The number of carbonyl (C=O) groups is 1. The van der Waals surface area contributed by atoms with Crippen LogP contribution in [-0.2, 0) is 9.84 Å². The number of β-amino-alcohol motifs (C(OH)–C–C–N with tert-alkyl or cyclic N) is 1. The highest BCUT2D eigenvalue weighted by Gasteiger charge is 2.32. The molecule has 1 unspecified atom stereocenters. The van der Waals surface area contributed by atoms with E-state index < -0.39 is 15.9 Å². The predicted octanol–water partition coefficient (Wildman–Crippen LogP) is 0.0545. The number of hydrogen-bond acceptors (Lipinski definition) is 7. The van der Waals surface area contributed by atoms with Gasteiger partial charge in [0.25, 0.3) is 5.91 Å². The predicted molar refractivity (Wildman–Crippen MR) is 82.7 cm³/mol. The van der Waals surface area contributed by atoms with E-state index in [9.17, 15) is 18.3 Å². The number of amides is 1. The molecule has 4 N–H and O–H groups in total. The van der Waals surface area contributed by atoms with Gasteiger partial charge in [-0.15, -0.1) is 11.3 Å². The Labute approximate surface area is 127 Å². The molecule has 7 nitrogen and oxygen atoms in total. The fourth-order valence-electron chi connectivity index (χ4n) is 2.32. The van der Waals surface area contributed by atoms with Crippen LogP contribution in [0.25, 0.3) is 0 Å². The molecule has 1 fully saturated rings. The van der Waals surface area contributed by atoms with Crippen molar-refractivity contribution in [3.05, 3.63) is 4.88 Å². The van der Waals surface area contributed by atoms with Gasteiger partial charge in [0, 0.05) is 25.9 Å². The van der Waals surface area contributed by atoms with Crippen molar-refractivity contribution < 1.29 is 18.3 Å². The third kappa shape index (κ3) is 3.14. The van der Waals surface area contributed by atoms with Crippen molar-refractivity contribution in [1.29, 1.82) is 0 Å². The number of anilines is 2. The molecule has 0 radical (unpaired) electrons. The highest BCUT2D eigenvalue weighted by atomic mass is 32.2. The molecule has 0 spiro atoms. The molecular formula is C12H19N3O4S2. The molecule has 1 amide bonds. The van der Waals surface area contributed by atoms with Gasteiger partial charge in [-0.1, -0.05) is 0 Å². The molecule has 1 saturated heterocycles. The number of rotatable bonds is 4. The van der Waals surface area contributed by atoms with Crippen LogP contribution in [0.15, 0.2) is 4.90 Å². The van der Waals surface area contributed by atoms with Crippen LogP contribution in [0.2, 0.25) is 0 Å². The number of aliphatic hydroxyl groups is 1. The molecule has 1 aliphatic heterocycles. The smallest absolute Gasteiger partial charge is 0.263 e. The van der Waals surface area contributed by atoms with E-state index in [0.29, 0.717) is 31.1 Å². The molecule has 0 aromatic carbocycles. The van der Waals surface area contributed by atoms with Gasteiger partial charge in [0.1, 0.15) is 14.8 Å². The summed E-state index contributed by atoms with van der Waals surface area (Å²) in [6.07, 6.45) is 1.15. The van der Waals surface area contributed by atoms with Gasteiger partial charge in [-0.3, -0.25) is 4.79 Å². The van der Waals surface area contributed by atoms with Crippen molar-refractivity contribution >= 4 is 37.8 Å². The lowest BCUT2D eigenvalue weighted by molar-refractivity contribution is 0.0960. The first-order valence-corrected chi connectivity index (χ1v) is 9.30. The second kappa shape index (κ2) is 5.82. The van der Waals surface area contributed by atoms with Gasteiger partial charge >= 0.3 is 0 Å². The molecule has 2 rings (SSSR count). The maximum atomic E-state index is 12.0. The number of sulfone groups is 1. The molecule has 0 aliphatic carbocycles. The van der Waals surface area contributed by atoms with E-state index in [1.165, 1.54) is 0 Å². The topological polar surface area (TPSA) is 113 Å². The first-order chi connectivity index (χ1) is 9.75. The molecule has 0 saturated carbocycles. The zero-order valence-electron chi connectivity index (χ0n) is 11.9. The van der Waals surface area contributed by atoms with Crippen molar-refractivity contribution in [2.24, 2.45) is 0 Å². The summed E-state index contributed by atoms with van der Waals surface area (Å²) < 4.78 is 24.0. The summed E-state index contributed by atoms with van der Waals surface area (Å²) in [5, 5.41) is 12.7. The van der Waals surface area contributed by atoms with Crippen LogP contribution >= 0.6 is 11.3 Å². The van der Waals surface area contributed by atoms with Gasteiger partial charge in [0.15, 0.2) is 9.84 Å². The number of nitrogens with two attached hydrogens (primary N) is 1. The Morgan fingerprint density at radius 1 is 1.57 bits per heavy atom. The maximum absolute atomic E-state index is 12.0. The lowest BCUT2D eigenvalue weighted by Gasteiger charge is -2.17. The van der Waals surface area contributed by atoms with Crippen LogP contribution in [0.4, 0.5) is 10.7 Å². The standard InChI is InChI=1S/C12H19N3O4S2/c1-3-14-11(17)9-8(13)10(21(2,18)19)12(20-9)15-5-4-7(16)6-15/h7,16H,3-6,13H2,1-2H3,(H,14,17). The minimum atomic E-state index is -3.56. The number of nitrogen functional groups attached to an aromatic ring is 1. The molecule has 9 heteroatoms. The molecule has 118 valence electrons. The third-order valence-electron chi connectivity index (χ3n) is 3.25. The fraction of sp³-hybridized carbons (Fsp3) is 0.583. The van der Waals surface area contributed by atoms with Crippen LogP contribution in [0.1, 0.15) is 23.0 Å². The SMILES string of the molecule is CCNC(=O)c1sc(N2CCC(O)C2)c(S(C)(=O)=O)c1N. The maximum Gasteiger partial charge on any atom is 0.263 e. The number of carbonyl (C=O) groups excluding carboxylic acids is 1. The minimum Gasteiger partial charge on any atom is -0.396 e. The zero-order valence-corrected chi connectivity index (χ0v) is 13.6. The summed E-state index contributed by atoms with van der Waals surface area (Å²) in [5.74, 6) is -0.379. The highest BCUT2D eigenvalue weighted by molar-refractivity contribution is 7.91. The minimum absolute atomic E-state index is 0.00941. The fourth-order valence-corrected chi connectivity index (χ4v) is 4.98. The van der Waals surface area contributed by atoms with Gasteiger partial charge in [0.05, 0.1) is 11.8 Å². The Morgan fingerprint density at radius 3 is 2.71 bits per heavy atom. The number of hydrogen-bond donors (Lipinski definition) is 3. The molecule has 1 atom stereocenters. The Morgan fingerprint density at radius 2 is 2.24 bits per heavy atom. The number of thiophene rings is 1. The third-order valence-corrected chi connectivity index (χ3v) is 5.80. The molecule has 2 heterocycles. The first-order valence-electron chi connectivity index (χ1n) is 6.59. The summed E-state index contributed by atoms with van der Waals surface area (Å²) in [6, 6.07) is 0. The van der Waals surface area contributed by atoms with Crippen LogP contribution in [0.3, 0.4) is 0 Å². The van der Waals surface area contributed by atoms with Gasteiger partial charge in [-0.2, -0.15) is 0 Å². The molecular weight excluding hydrogens is 314 g/mol. The Balaban J connectivity index is 2.53. The summed E-state index contributed by atoms with van der Waals surface area (Å²) in [5.41, 5.74) is 5.90. The second-order valence-corrected chi connectivity index (χ2v) is 7.95. The summed E-state index contributed by atoms with van der Waals surface area (Å²) in [6.45, 7) is 3.09. The molecule has 1 aromatic rings. The quantitative estimate of drug-likeness (QED) is 0.718. The van der Waals surface area contributed by atoms with E-state index in [0.717, 1.165) is 17.6 Å². The lowest BCUT2D eigenvalue weighted by Crippen LogP contribution is -2.22. The number of aliphatic hydroxyl groups excluding tert-OH is 1. The normalized spacial score (nSPS) is 19.0. The second-order valence-electron chi connectivity index (χ2n) is 5.00. The molecule has 21 heavy (non-hydrogen) atoms. The largest absolute Gasteiger partial charge is 0.396 e. The van der Waals surface area contributed by atoms with Crippen molar-refractivity contribution in [3.8, 4) is 0 Å². The summed E-state index contributed by atoms with van der Waals surface area (Å²) in [7, 11) is -3.56. The van der Waals surface area contributed by atoms with Crippen LogP contribution in [-0.4, -0.2) is 51.4 Å². The van der Waals surface area contributed by atoms with E-state index >= 15 is 0 Å². The summed E-state index contributed by atoms with van der Waals surface area (Å²) in [4.78, 5) is 14.0. The first kappa shape index (κ1) is 16.1. The highest BCUT2D eigenvalue weighted by Crippen LogP contribution is 2.42. The Bertz CT molecular complexity index is 654. The van der Waals surface area contributed by atoms with Crippen molar-refractivity contribution in [1.82, 2.24) is 5.32 Å². The summed E-state index contributed by atoms with van der Waals surface area (Å²) >= 11 is 1.06. The van der Waals surface area contributed by atoms with Gasteiger partial charge in [-0.05, 0) is 13.3 Å². The van der Waals surface area contributed by atoms with Crippen molar-refractivity contribution in [3.63, 3.8) is 0 Å². The average molecular weight is 333 g/mol. The van der Waals surface area contributed by atoms with Crippen molar-refractivity contribution in [2.75, 3.05) is 36.5 Å². The van der Waals surface area contributed by atoms with E-state index in [4.69, 9.17) is 5.73 Å². The van der Waals surface area contributed by atoms with E-state index in [1.807, 2.05) is 0 Å². The van der Waals surface area contributed by atoms with Crippen LogP contribution in [0.5, 0.6) is 0 Å². The average Bonchev–Trinajstić information content (AvgIpc) is 2.92. The van der Waals surface area contributed by atoms with Crippen LogP contribution < -0.4 is 16.0 Å². The number of nitrogens with one attached hydrogen (secondary N) is 1. The molecule has 1 aromatic heterocycles. The Hall–Kier alpha value is -1.32. The van der Waals surface area contributed by atoms with E-state index in [-0.39, 0.29) is 21.4 Å². The monoisotopic (exact) mass is 333 g/mol. The zero-order chi connectivity index (χ0) is 15.8. The van der Waals surface area contributed by atoms with Crippen molar-refractivity contribution in [2.45, 2.75) is 24.3 Å². The van der Waals surface area contributed by atoms with Gasteiger partial charge < -0.3 is 21.1 Å².